The molecule has 1 fully saturated rings. The SMILES string of the molecule is CCCN1CCCC(Nc2c(F)cccc2[N+](=O)[O-])CC1. The van der Waals surface area contributed by atoms with E-state index in [-0.39, 0.29) is 17.4 Å². The molecule has 1 unspecified atom stereocenters. The van der Waals surface area contributed by atoms with Crippen molar-refractivity contribution in [2.75, 3.05) is 25.0 Å². The molecular formula is C15H22FN3O2. The van der Waals surface area contributed by atoms with Crippen LogP contribution >= 0.6 is 0 Å². The maximum atomic E-state index is 13.9. The van der Waals surface area contributed by atoms with Crippen LogP contribution in [0.3, 0.4) is 0 Å². The molecule has 1 aliphatic heterocycles. The molecule has 1 aromatic rings. The number of nitro groups is 1. The quantitative estimate of drug-likeness (QED) is 0.668. The maximum Gasteiger partial charge on any atom is 0.295 e. The number of benzene rings is 1. The third-order valence-corrected chi connectivity index (χ3v) is 3.90. The van der Waals surface area contributed by atoms with Crippen molar-refractivity contribution < 1.29 is 9.31 Å². The summed E-state index contributed by atoms with van der Waals surface area (Å²) in [5, 5.41) is 14.1. The predicted molar refractivity (Wildman–Crippen MR) is 81.0 cm³/mol. The molecule has 6 heteroatoms. The highest BCUT2D eigenvalue weighted by Gasteiger charge is 2.22. The number of halogens is 1. The zero-order chi connectivity index (χ0) is 15.2. The molecule has 1 aliphatic rings. The molecule has 0 bridgehead atoms. The molecule has 0 radical (unpaired) electrons. The largest absolute Gasteiger partial charge is 0.374 e. The summed E-state index contributed by atoms with van der Waals surface area (Å²) in [6.45, 7) is 5.23. The van der Waals surface area contributed by atoms with Crippen LogP contribution < -0.4 is 5.32 Å². The topological polar surface area (TPSA) is 58.4 Å². The molecule has 0 aliphatic carbocycles. The van der Waals surface area contributed by atoms with Gasteiger partial charge in [0.15, 0.2) is 5.82 Å². The van der Waals surface area contributed by atoms with Crippen LogP contribution in [0, 0.1) is 15.9 Å². The van der Waals surface area contributed by atoms with Gasteiger partial charge in [0.05, 0.1) is 4.92 Å². The van der Waals surface area contributed by atoms with Crippen molar-refractivity contribution >= 4 is 11.4 Å². The fourth-order valence-electron chi connectivity index (χ4n) is 2.85. The minimum Gasteiger partial charge on any atom is -0.374 e. The molecule has 0 saturated carbocycles. The van der Waals surface area contributed by atoms with E-state index >= 15 is 0 Å². The van der Waals surface area contributed by atoms with Gasteiger partial charge in [0, 0.05) is 18.7 Å². The lowest BCUT2D eigenvalue weighted by Gasteiger charge is -2.20. The van der Waals surface area contributed by atoms with E-state index < -0.39 is 10.7 Å². The first-order valence-electron chi connectivity index (χ1n) is 7.53. The average Bonchev–Trinajstić information content (AvgIpc) is 2.67. The van der Waals surface area contributed by atoms with Gasteiger partial charge in [-0.15, -0.1) is 0 Å². The van der Waals surface area contributed by atoms with Crippen LogP contribution in [0.2, 0.25) is 0 Å². The Balaban J connectivity index is 2.06. The Morgan fingerprint density at radius 3 is 2.95 bits per heavy atom. The summed E-state index contributed by atoms with van der Waals surface area (Å²) in [5.41, 5.74) is -0.166. The Morgan fingerprint density at radius 2 is 2.24 bits per heavy atom. The molecule has 2 rings (SSSR count). The Kier molecular flexibility index (Phi) is 5.50. The van der Waals surface area contributed by atoms with Gasteiger partial charge in [0.1, 0.15) is 5.69 Å². The van der Waals surface area contributed by atoms with E-state index in [4.69, 9.17) is 0 Å². The zero-order valence-corrected chi connectivity index (χ0v) is 12.3. The van der Waals surface area contributed by atoms with Gasteiger partial charge in [0.25, 0.3) is 5.69 Å². The second kappa shape index (κ2) is 7.36. The molecule has 1 heterocycles. The Morgan fingerprint density at radius 1 is 1.43 bits per heavy atom. The number of nitro benzene ring substituents is 1. The van der Waals surface area contributed by atoms with Crippen LogP contribution in [-0.2, 0) is 0 Å². The first-order valence-corrected chi connectivity index (χ1v) is 7.53. The van der Waals surface area contributed by atoms with Crippen LogP contribution in [-0.4, -0.2) is 35.5 Å². The number of rotatable bonds is 5. The zero-order valence-electron chi connectivity index (χ0n) is 12.3. The average molecular weight is 295 g/mol. The van der Waals surface area contributed by atoms with Crippen molar-refractivity contribution in [3.8, 4) is 0 Å². The van der Waals surface area contributed by atoms with Crippen LogP contribution in [0.4, 0.5) is 15.8 Å². The van der Waals surface area contributed by atoms with Gasteiger partial charge >= 0.3 is 0 Å². The van der Waals surface area contributed by atoms with E-state index in [1.165, 1.54) is 18.2 Å². The first-order chi connectivity index (χ1) is 10.1. The summed E-state index contributed by atoms with van der Waals surface area (Å²) in [7, 11) is 0. The summed E-state index contributed by atoms with van der Waals surface area (Å²) < 4.78 is 13.9. The minimum atomic E-state index is -0.557. The molecule has 116 valence electrons. The van der Waals surface area contributed by atoms with E-state index in [0.717, 1.165) is 45.3 Å². The fraction of sp³-hybridized carbons (Fsp3) is 0.600. The number of anilines is 1. The number of hydrogen-bond acceptors (Lipinski definition) is 4. The van der Waals surface area contributed by atoms with Crippen molar-refractivity contribution in [1.29, 1.82) is 0 Å². The molecule has 1 atom stereocenters. The van der Waals surface area contributed by atoms with Crippen molar-refractivity contribution in [3.63, 3.8) is 0 Å². The molecular weight excluding hydrogens is 273 g/mol. The number of nitrogens with zero attached hydrogens (tertiary/aromatic N) is 2. The van der Waals surface area contributed by atoms with Gasteiger partial charge in [0.2, 0.25) is 0 Å². The standard InChI is InChI=1S/C15H22FN3O2/c1-2-9-18-10-4-5-12(8-11-18)17-15-13(16)6-3-7-14(15)19(20)21/h3,6-7,12,17H,2,4-5,8-11H2,1H3. The van der Waals surface area contributed by atoms with E-state index in [2.05, 4.69) is 17.1 Å². The van der Waals surface area contributed by atoms with E-state index in [1.807, 2.05) is 0 Å². The van der Waals surface area contributed by atoms with Crippen LogP contribution in [0.5, 0.6) is 0 Å². The third-order valence-electron chi connectivity index (χ3n) is 3.90. The number of hydrogen-bond donors (Lipinski definition) is 1. The smallest absolute Gasteiger partial charge is 0.295 e. The highest BCUT2D eigenvalue weighted by Crippen LogP contribution is 2.29. The molecule has 21 heavy (non-hydrogen) atoms. The second-order valence-corrected chi connectivity index (χ2v) is 5.50. The minimum absolute atomic E-state index is 0.0245. The lowest BCUT2D eigenvalue weighted by atomic mass is 10.1. The maximum absolute atomic E-state index is 13.9. The highest BCUT2D eigenvalue weighted by molar-refractivity contribution is 5.62. The number of nitrogens with one attached hydrogen (secondary N) is 1. The van der Waals surface area contributed by atoms with Gasteiger partial charge in [-0.25, -0.2) is 4.39 Å². The molecule has 1 saturated heterocycles. The predicted octanol–water partition coefficient (Wildman–Crippen LogP) is 3.41. The lowest BCUT2D eigenvalue weighted by Crippen LogP contribution is -2.27. The normalized spacial score (nSPS) is 20.0. The summed E-state index contributed by atoms with van der Waals surface area (Å²) >= 11 is 0. The third kappa shape index (κ3) is 4.14. The highest BCUT2D eigenvalue weighted by atomic mass is 19.1. The van der Waals surface area contributed by atoms with Crippen LogP contribution in [0.15, 0.2) is 18.2 Å². The number of para-hydroxylation sites is 1. The van der Waals surface area contributed by atoms with Crippen molar-refractivity contribution in [1.82, 2.24) is 4.90 Å². The molecule has 1 aromatic carbocycles. The van der Waals surface area contributed by atoms with E-state index in [1.54, 1.807) is 0 Å². The van der Waals surface area contributed by atoms with Crippen molar-refractivity contribution in [2.24, 2.45) is 0 Å². The second-order valence-electron chi connectivity index (χ2n) is 5.50. The molecule has 0 spiro atoms. The fourth-order valence-corrected chi connectivity index (χ4v) is 2.85. The lowest BCUT2D eigenvalue weighted by molar-refractivity contribution is -0.384. The summed E-state index contributed by atoms with van der Waals surface area (Å²) in [4.78, 5) is 12.9. The van der Waals surface area contributed by atoms with E-state index in [9.17, 15) is 14.5 Å². The van der Waals surface area contributed by atoms with E-state index in [0.29, 0.717) is 0 Å². The molecule has 0 aromatic heterocycles. The summed E-state index contributed by atoms with van der Waals surface area (Å²) in [5.74, 6) is -0.557. The van der Waals surface area contributed by atoms with Gasteiger partial charge in [-0.05, 0) is 44.8 Å². The van der Waals surface area contributed by atoms with Crippen molar-refractivity contribution in [2.45, 2.75) is 38.6 Å². The van der Waals surface area contributed by atoms with Gasteiger partial charge in [-0.2, -0.15) is 0 Å². The Hall–Kier alpha value is -1.69. The molecule has 5 nitrogen and oxygen atoms in total. The summed E-state index contributed by atoms with van der Waals surface area (Å²) in [6, 6.07) is 4.05. The molecule has 1 N–H and O–H groups in total. The summed E-state index contributed by atoms with van der Waals surface area (Å²) in [6.07, 6.45) is 3.94. The first kappa shape index (κ1) is 15.7. The van der Waals surface area contributed by atoms with Crippen LogP contribution in [0.1, 0.15) is 32.6 Å². The Bertz CT molecular complexity index is 496. The van der Waals surface area contributed by atoms with Crippen molar-refractivity contribution in [3.05, 3.63) is 34.1 Å². The Labute approximate surface area is 124 Å². The number of likely N-dealkylation sites (tertiary alicyclic amines) is 1. The molecule has 0 amide bonds. The van der Waals surface area contributed by atoms with Gasteiger partial charge < -0.3 is 10.2 Å². The van der Waals surface area contributed by atoms with Crippen LogP contribution in [0.25, 0.3) is 0 Å². The monoisotopic (exact) mass is 295 g/mol. The van der Waals surface area contributed by atoms with Gasteiger partial charge in [-0.1, -0.05) is 13.0 Å². The van der Waals surface area contributed by atoms with Gasteiger partial charge in [-0.3, -0.25) is 10.1 Å².